The number of carbonyl (C=O) groups is 1. The van der Waals surface area contributed by atoms with Gasteiger partial charge >= 0.3 is 0 Å². The van der Waals surface area contributed by atoms with Gasteiger partial charge in [-0.3, -0.25) is 10.1 Å². The summed E-state index contributed by atoms with van der Waals surface area (Å²) in [5.41, 5.74) is 8.97. The molecule has 1 aliphatic carbocycles. The number of fused-ring (bicyclic) bond motifs is 1. The van der Waals surface area contributed by atoms with E-state index >= 15 is 0 Å². The van der Waals surface area contributed by atoms with Crippen molar-refractivity contribution in [1.29, 1.82) is 0 Å². The van der Waals surface area contributed by atoms with E-state index in [-0.39, 0.29) is 11.9 Å². The van der Waals surface area contributed by atoms with Crippen LogP contribution in [0.2, 0.25) is 0 Å². The summed E-state index contributed by atoms with van der Waals surface area (Å²) in [6, 6.07) is 13.4. The zero-order chi connectivity index (χ0) is 16.4. The van der Waals surface area contributed by atoms with Crippen molar-refractivity contribution in [2.24, 2.45) is 5.73 Å². The van der Waals surface area contributed by atoms with Gasteiger partial charge < -0.3 is 10.5 Å². The van der Waals surface area contributed by atoms with E-state index in [1.54, 1.807) is 7.11 Å². The first-order chi connectivity index (χ1) is 11.1. The van der Waals surface area contributed by atoms with Crippen molar-refractivity contribution in [3.8, 4) is 5.75 Å². The van der Waals surface area contributed by atoms with Crippen LogP contribution in [0.1, 0.15) is 22.7 Å². The average molecular weight is 375 g/mol. The third-order valence-corrected chi connectivity index (χ3v) is 4.79. The highest BCUT2D eigenvalue weighted by molar-refractivity contribution is 9.10. The van der Waals surface area contributed by atoms with Crippen LogP contribution in [0.5, 0.6) is 5.75 Å². The molecule has 2 aromatic carbocycles. The van der Waals surface area contributed by atoms with Crippen LogP contribution < -0.4 is 15.8 Å². The molecule has 23 heavy (non-hydrogen) atoms. The van der Waals surface area contributed by atoms with Gasteiger partial charge in [0.05, 0.1) is 7.11 Å². The maximum atomic E-state index is 11.9. The number of rotatable bonds is 5. The zero-order valence-electron chi connectivity index (χ0n) is 12.9. The van der Waals surface area contributed by atoms with E-state index in [1.165, 1.54) is 11.1 Å². The van der Waals surface area contributed by atoms with Gasteiger partial charge in [0.15, 0.2) is 0 Å². The number of amides is 1. The Morgan fingerprint density at radius 2 is 2.00 bits per heavy atom. The average Bonchev–Trinajstić information content (AvgIpc) is 2.96. The van der Waals surface area contributed by atoms with Crippen LogP contribution in [-0.4, -0.2) is 19.1 Å². The topological polar surface area (TPSA) is 64.3 Å². The lowest BCUT2D eigenvalue weighted by molar-refractivity contribution is -0.120. The second kappa shape index (κ2) is 6.72. The predicted molar refractivity (Wildman–Crippen MR) is 93.4 cm³/mol. The molecule has 3 N–H and O–H groups in total. The second-order valence-corrected chi connectivity index (χ2v) is 6.67. The molecule has 0 bridgehead atoms. The molecule has 0 aromatic heterocycles. The maximum absolute atomic E-state index is 11.9. The molecule has 2 unspecified atom stereocenters. The number of benzene rings is 2. The first kappa shape index (κ1) is 16.0. The van der Waals surface area contributed by atoms with E-state index in [4.69, 9.17) is 10.5 Å². The van der Waals surface area contributed by atoms with E-state index in [9.17, 15) is 4.79 Å². The number of methoxy groups -OCH3 is 1. The molecule has 0 radical (unpaired) electrons. The SMILES string of the molecule is COc1cccc2c1CC(NC(C(N)=O)c1ccc(Br)cc1)C2. The number of hydrogen-bond donors (Lipinski definition) is 2. The quantitative estimate of drug-likeness (QED) is 0.845. The molecule has 1 amide bonds. The number of nitrogens with two attached hydrogens (primary N) is 1. The van der Waals surface area contributed by atoms with Gasteiger partial charge in [-0.1, -0.05) is 40.2 Å². The summed E-state index contributed by atoms with van der Waals surface area (Å²) in [5, 5.41) is 3.40. The summed E-state index contributed by atoms with van der Waals surface area (Å²) >= 11 is 3.40. The zero-order valence-corrected chi connectivity index (χ0v) is 14.5. The molecule has 0 fully saturated rings. The Morgan fingerprint density at radius 1 is 1.26 bits per heavy atom. The molecule has 0 saturated carbocycles. The molecule has 0 aliphatic heterocycles. The Kier molecular flexibility index (Phi) is 4.68. The first-order valence-corrected chi connectivity index (χ1v) is 8.33. The van der Waals surface area contributed by atoms with E-state index in [0.717, 1.165) is 28.6 Å². The van der Waals surface area contributed by atoms with E-state index in [2.05, 4.69) is 27.3 Å². The molecular weight excluding hydrogens is 356 g/mol. The highest BCUT2D eigenvalue weighted by atomic mass is 79.9. The highest BCUT2D eigenvalue weighted by Crippen LogP contribution is 2.31. The van der Waals surface area contributed by atoms with Crippen LogP contribution in [0.4, 0.5) is 0 Å². The van der Waals surface area contributed by atoms with Crippen molar-refractivity contribution in [2.75, 3.05) is 7.11 Å². The number of ether oxygens (including phenoxy) is 1. The number of carbonyl (C=O) groups excluding carboxylic acids is 1. The normalized spacial score (nSPS) is 17.6. The van der Waals surface area contributed by atoms with Gasteiger partial charge in [-0.05, 0) is 47.7 Å². The van der Waals surface area contributed by atoms with Crippen LogP contribution in [0.3, 0.4) is 0 Å². The molecule has 0 saturated heterocycles. The molecule has 5 heteroatoms. The van der Waals surface area contributed by atoms with Crippen LogP contribution in [-0.2, 0) is 17.6 Å². The van der Waals surface area contributed by atoms with Gasteiger partial charge in [-0.25, -0.2) is 0 Å². The third kappa shape index (κ3) is 3.41. The van der Waals surface area contributed by atoms with Crippen molar-refractivity contribution in [3.05, 3.63) is 63.6 Å². The number of halogens is 1. The molecule has 0 spiro atoms. The van der Waals surface area contributed by atoms with Gasteiger partial charge in [0.1, 0.15) is 11.8 Å². The molecule has 2 atom stereocenters. The fourth-order valence-corrected chi connectivity index (χ4v) is 3.43. The van der Waals surface area contributed by atoms with Gasteiger partial charge in [0.2, 0.25) is 5.91 Å². The summed E-state index contributed by atoms with van der Waals surface area (Å²) in [4.78, 5) is 11.9. The molecular formula is C18H19BrN2O2. The summed E-state index contributed by atoms with van der Waals surface area (Å²) in [5.74, 6) is 0.543. The minimum atomic E-state index is -0.492. The van der Waals surface area contributed by atoms with Crippen LogP contribution in [0.25, 0.3) is 0 Å². The first-order valence-electron chi connectivity index (χ1n) is 7.54. The summed E-state index contributed by atoms with van der Waals surface area (Å²) < 4.78 is 6.41. The fourth-order valence-electron chi connectivity index (χ4n) is 3.16. The Hall–Kier alpha value is -1.85. The van der Waals surface area contributed by atoms with Gasteiger partial charge in [-0.15, -0.1) is 0 Å². The molecule has 2 aromatic rings. The van der Waals surface area contributed by atoms with Crippen LogP contribution >= 0.6 is 15.9 Å². The lowest BCUT2D eigenvalue weighted by Gasteiger charge is -2.21. The van der Waals surface area contributed by atoms with Crippen molar-refractivity contribution in [2.45, 2.75) is 24.9 Å². The maximum Gasteiger partial charge on any atom is 0.239 e. The lowest BCUT2D eigenvalue weighted by atomic mass is 10.0. The third-order valence-electron chi connectivity index (χ3n) is 4.26. The fraction of sp³-hybridized carbons (Fsp3) is 0.278. The van der Waals surface area contributed by atoms with E-state index in [0.29, 0.717) is 0 Å². The van der Waals surface area contributed by atoms with Crippen LogP contribution in [0, 0.1) is 0 Å². The van der Waals surface area contributed by atoms with Crippen molar-refractivity contribution in [3.63, 3.8) is 0 Å². The largest absolute Gasteiger partial charge is 0.496 e. The van der Waals surface area contributed by atoms with Crippen molar-refractivity contribution < 1.29 is 9.53 Å². The second-order valence-electron chi connectivity index (χ2n) is 5.76. The number of primary amides is 1. The molecule has 1 aliphatic rings. The summed E-state index contributed by atoms with van der Waals surface area (Å²) in [6.45, 7) is 0. The molecule has 120 valence electrons. The van der Waals surface area contributed by atoms with Gasteiger partial charge in [0.25, 0.3) is 0 Å². The van der Waals surface area contributed by atoms with E-state index < -0.39 is 6.04 Å². The monoisotopic (exact) mass is 374 g/mol. The van der Waals surface area contributed by atoms with Crippen LogP contribution in [0.15, 0.2) is 46.9 Å². The molecule has 3 rings (SSSR count). The molecule has 0 heterocycles. The number of nitrogens with one attached hydrogen (secondary N) is 1. The van der Waals surface area contributed by atoms with Gasteiger partial charge in [0, 0.05) is 10.5 Å². The summed E-state index contributed by atoms with van der Waals surface area (Å²) in [6.07, 6.45) is 1.70. The number of hydrogen-bond acceptors (Lipinski definition) is 3. The predicted octanol–water partition coefficient (Wildman–Crippen LogP) is 2.74. The Morgan fingerprint density at radius 3 is 2.65 bits per heavy atom. The van der Waals surface area contributed by atoms with E-state index in [1.807, 2.05) is 36.4 Å². The summed E-state index contributed by atoms with van der Waals surface area (Å²) in [7, 11) is 1.68. The smallest absolute Gasteiger partial charge is 0.239 e. The van der Waals surface area contributed by atoms with Crippen molar-refractivity contribution in [1.82, 2.24) is 5.32 Å². The van der Waals surface area contributed by atoms with Crippen molar-refractivity contribution >= 4 is 21.8 Å². The highest BCUT2D eigenvalue weighted by Gasteiger charge is 2.28. The molecule has 4 nitrogen and oxygen atoms in total. The lowest BCUT2D eigenvalue weighted by Crippen LogP contribution is -2.40. The minimum absolute atomic E-state index is 0.169. The Bertz CT molecular complexity index is 715. The standard InChI is InChI=1S/C18H19BrN2O2/c1-23-16-4-2-3-12-9-14(10-15(12)16)21-17(18(20)22)11-5-7-13(19)8-6-11/h2-8,14,17,21H,9-10H2,1H3,(H2,20,22). The Labute approximate surface area is 144 Å². The van der Waals surface area contributed by atoms with Gasteiger partial charge in [-0.2, -0.15) is 0 Å². The minimum Gasteiger partial charge on any atom is -0.496 e. The Balaban J connectivity index is 1.78.